The number of hydrogen-bond donors (Lipinski definition) is 0. The molecule has 0 heterocycles. The Kier molecular flexibility index (Phi) is 2.51. The molecule has 0 spiro atoms. The number of hydrogen-bond acceptors (Lipinski definition) is 0. The SMILES string of the molecule is [C-]#[N+]c1cccc(Cl)c1CC. The summed E-state index contributed by atoms with van der Waals surface area (Å²) in [5.74, 6) is 0. The molecule has 0 saturated heterocycles. The van der Waals surface area contributed by atoms with Crippen LogP contribution in [-0.4, -0.2) is 0 Å². The van der Waals surface area contributed by atoms with Crippen LogP contribution in [0.15, 0.2) is 18.2 Å². The highest BCUT2D eigenvalue weighted by molar-refractivity contribution is 6.31. The zero-order valence-corrected chi connectivity index (χ0v) is 7.02. The Morgan fingerprint density at radius 2 is 2.27 bits per heavy atom. The maximum atomic E-state index is 6.85. The molecule has 56 valence electrons. The molecule has 2 heteroatoms. The topological polar surface area (TPSA) is 4.36 Å². The van der Waals surface area contributed by atoms with Crippen molar-refractivity contribution >= 4 is 17.3 Å². The maximum Gasteiger partial charge on any atom is 0.191 e. The van der Waals surface area contributed by atoms with Gasteiger partial charge in [0.25, 0.3) is 0 Å². The number of halogens is 1. The highest BCUT2D eigenvalue weighted by Crippen LogP contribution is 2.26. The second kappa shape index (κ2) is 3.41. The minimum absolute atomic E-state index is 0.667. The van der Waals surface area contributed by atoms with Gasteiger partial charge in [0.05, 0.1) is 6.57 Å². The van der Waals surface area contributed by atoms with Crippen molar-refractivity contribution in [3.63, 3.8) is 0 Å². The zero-order chi connectivity index (χ0) is 8.27. The van der Waals surface area contributed by atoms with Crippen molar-refractivity contribution in [2.45, 2.75) is 13.3 Å². The van der Waals surface area contributed by atoms with Gasteiger partial charge >= 0.3 is 0 Å². The Hall–Kier alpha value is -1.00. The monoisotopic (exact) mass is 165 g/mol. The first-order valence-corrected chi connectivity index (χ1v) is 3.82. The van der Waals surface area contributed by atoms with Gasteiger partial charge in [-0.15, -0.1) is 0 Å². The normalized spacial score (nSPS) is 9.18. The van der Waals surface area contributed by atoms with Crippen LogP contribution in [0.4, 0.5) is 5.69 Å². The molecule has 0 fully saturated rings. The van der Waals surface area contributed by atoms with Gasteiger partial charge < -0.3 is 0 Å². The molecule has 1 aromatic carbocycles. The highest BCUT2D eigenvalue weighted by Gasteiger charge is 2.02. The lowest BCUT2D eigenvalue weighted by atomic mass is 10.1. The standard InChI is InChI=1S/C9H8ClN/c1-3-7-8(10)5-4-6-9(7)11-2/h4-6H,3H2,1H3. The second-order valence-electron chi connectivity index (χ2n) is 2.20. The van der Waals surface area contributed by atoms with E-state index in [4.69, 9.17) is 18.2 Å². The summed E-state index contributed by atoms with van der Waals surface area (Å²) in [5.41, 5.74) is 1.61. The molecule has 0 amide bonds. The number of rotatable bonds is 1. The van der Waals surface area contributed by atoms with E-state index in [0.29, 0.717) is 10.7 Å². The van der Waals surface area contributed by atoms with Crippen molar-refractivity contribution < 1.29 is 0 Å². The molecule has 0 aliphatic carbocycles. The van der Waals surface area contributed by atoms with Crippen LogP contribution in [0.3, 0.4) is 0 Å². The third kappa shape index (κ3) is 1.53. The average molecular weight is 166 g/mol. The van der Waals surface area contributed by atoms with Crippen molar-refractivity contribution in [3.8, 4) is 0 Å². The van der Waals surface area contributed by atoms with Crippen LogP contribution in [-0.2, 0) is 6.42 Å². The van der Waals surface area contributed by atoms with Crippen molar-refractivity contribution in [1.29, 1.82) is 0 Å². The molecular formula is C9H8ClN. The quantitative estimate of drug-likeness (QED) is 0.562. The Morgan fingerprint density at radius 1 is 1.55 bits per heavy atom. The van der Waals surface area contributed by atoms with Crippen LogP contribution < -0.4 is 0 Å². The van der Waals surface area contributed by atoms with E-state index in [9.17, 15) is 0 Å². The van der Waals surface area contributed by atoms with Gasteiger partial charge in [-0.25, -0.2) is 4.85 Å². The summed E-state index contributed by atoms with van der Waals surface area (Å²) in [5, 5.41) is 0.695. The van der Waals surface area contributed by atoms with E-state index in [0.717, 1.165) is 12.0 Å². The van der Waals surface area contributed by atoms with Crippen LogP contribution in [0.2, 0.25) is 5.02 Å². The molecule has 0 aromatic heterocycles. The largest absolute Gasteiger partial charge is 0.238 e. The summed E-state index contributed by atoms with van der Waals surface area (Å²) in [7, 11) is 0. The summed E-state index contributed by atoms with van der Waals surface area (Å²) in [4.78, 5) is 3.37. The van der Waals surface area contributed by atoms with Gasteiger partial charge in [0, 0.05) is 5.02 Å². The maximum absolute atomic E-state index is 6.85. The van der Waals surface area contributed by atoms with Gasteiger partial charge in [-0.05, 0) is 18.1 Å². The summed E-state index contributed by atoms with van der Waals surface area (Å²) >= 11 is 5.86. The fourth-order valence-corrected chi connectivity index (χ4v) is 1.31. The molecule has 0 aliphatic heterocycles. The molecule has 11 heavy (non-hydrogen) atoms. The minimum atomic E-state index is 0.667. The molecule has 0 aliphatic rings. The Labute approximate surface area is 71.4 Å². The van der Waals surface area contributed by atoms with E-state index >= 15 is 0 Å². The Morgan fingerprint density at radius 3 is 2.73 bits per heavy atom. The highest BCUT2D eigenvalue weighted by atomic mass is 35.5. The van der Waals surface area contributed by atoms with E-state index in [1.165, 1.54) is 0 Å². The van der Waals surface area contributed by atoms with Crippen molar-refractivity contribution in [3.05, 3.63) is 40.2 Å². The van der Waals surface area contributed by atoms with Gasteiger partial charge in [-0.2, -0.15) is 0 Å². The van der Waals surface area contributed by atoms with Crippen molar-refractivity contribution in [2.75, 3.05) is 0 Å². The lowest BCUT2D eigenvalue weighted by molar-refractivity contribution is 1.15. The first kappa shape index (κ1) is 8.10. The van der Waals surface area contributed by atoms with Crippen LogP contribution in [0.1, 0.15) is 12.5 Å². The van der Waals surface area contributed by atoms with E-state index in [1.807, 2.05) is 13.0 Å². The van der Waals surface area contributed by atoms with Gasteiger partial charge in [-0.3, -0.25) is 0 Å². The molecule has 0 atom stereocenters. The lowest BCUT2D eigenvalue weighted by Crippen LogP contribution is -1.80. The molecule has 0 radical (unpaired) electrons. The fraction of sp³-hybridized carbons (Fsp3) is 0.222. The second-order valence-corrected chi connectivity index (χ2v) is 2.61. The fourth-order valence-electron chi connectivity index (χ4n) is 1.00. The summed E-state index contributed by atoms with van der Waals surface area (Å²) in [6.45, 7) is 8.85. The molecular weight excluding hydrogens is 158 g/mol. The summed E-state index contributed by atoms with van der Waals surface area (Å²) in [6, 6.07) is 5.40. The molecule has 0 bridgehead atoms. The van der Waals surface area contributed by atoms with E-state index in [2.05, 4.69) is 4.85 Å². The van der Waals surface area contributed by atoms with E-state index in [-0.39, 0.29) is 0 Å². The summed E-state index contributed by atoms with van der Waals surface area (Å²) < 4.78 is 0. The third-order valence-corrected chi connectivity index (χ3v) is 1.92. The average Bonchev–Trinajstić information content (AvgIpc) is 2.04. The van der Waals surface area contributed by atoms with Crippen molar-refractivity contribution in [1.82, 2.24) is 0 Å². The smallest absolute Gasteiger partial charge is 0.191 e. The molecule has 1 nitrogen and oxygen atoms in total. The van der Waals surface area contributed by atoms with Gasteiger partial charge in [0.2, 0.25) is 0 Å². The lowest BCUT2D eigenvalue weighted by Gasteiger charge is -2.01. The van der Waals surface area contributed by atoms with Crippen molar-refractivity contribution in [2.24, 2.45) is 0 Å². The third-order valence-electron chi connectivity index (χ3n) is 1.57. The van der Waals surface area contributed by atoms with E-state index in [1.54, 1.807) is 12.1 Å². The minimum Gasteiger partial charge on any atom is -0.238 e. The summed E-state index contributed by atoms with van der Waals surface area (Å²) in [6.07, 6.45) is 0.817. The molecule has 0 saturated carbocycles. The first-order valence-electron chi connectivity index (χ1n) is 3.44. The first-order chi connectivity index (χ1) is 5.29. The van der Waals surface area contributed by atoms with Gasteiger partial charge in [0.1, 0.15) is 0 Å². The zero-order valence-electron chi connectivity index (χ0n) is 6.26. The predicted molar refractivity (Wildman–Crippen MR) is 47.1 cm³/mol. The number of nitrogens with zero attached hydrogens (tertiary/aromatic N) is 1. The molecule has 1 aromatic rings. The van der Waals surface area contributed by atoms with Gasteiger partial charge in [0.15, 0.2) is 5.69 Å². The van der Waals surface area contributed by atoms with Crippen LogP contribution in [0.25, 0.3) is 4.85 Å². The Bertz CT molecular complexity index is 299. The van der Waals surface area contributed by atoms with Crippen LogP contribution in [0, 0.1) is 6.57 Å². The molecule has 0 N–H and O–H groups in total. The Balaban J connectivity index is 3.27. The predicted octanol–water partition coefficient (Wildman–Crippen LogP) is 3.45. The van der Waals surface area contributed by atoms with Crippen LogP contribution >= 0.6 is 11.6 Å². The van der Waals surface area contributed by atoms with Crippen LogP contribution in [0.5, 0.6) is 0 Å². The number of benzene rings is 1. The molecule has 0 unspecified atom stereocenters. The van der Waals surface area contributed by atoms with E-state index < -0.39 is 0 Å². The van der Waals surface area contributed by atoms with Gasteiger partial charge in [-0.1, -0.05) is 30.7 Å². The molecule has 1 rings (SSSR count).